The topological polar surface area (TPSA) is 47.4 Å². The van der Waals surface area contributed by atoms with Crippen molar-refractivity contribution in [1.29, 1.82) is 0 Å². The van der Waals surface area contributed by atoms with Crippen molar-refractivity contribution in [3.63, 3.8) is 0 Å². The fourth-order valence-electron chi connectivity index (χ4n) is 3.14. The summed E-state index contributed by atoms with van der Waals surface area (Å²) in [5.74, 6) is 0.482. The van der Waals surface area contributed by atoms with Gasteiger partial charge in [-0.2, -0.15) is 5.10 Å². The predicted octanol–water partition coefficient (Wildman–Crippen LogP) is 3.45. The molecule has 134 valence electrons. The lowest BCUT2D eigenvalue weighted by Gasteiger charge is -2.32. The van der Waals surface area contributed by atoms with Gasteiger partial charge < -0.3 is 9.64 Å². The third kappa shape index (κ3) is 3.95. The van der Waals surface area contributed by atoms with Crippen LogP contribution in [0.1, 0.15) is 29.0 Å². The summed E-state index contributed by atoms with van der Waals surface area (Å²) in [6.45, 7) is 3.59. The van der Waals surface area contributed by atoms with Crippen LogP contribution in [0.25, 0.3) is 0 Å². The molecule has 0 bridgehead atoms. The van der Waals surface area contributed by atoms with E-state index < -0.39 is 0 Å². The number of hydrogen-bond donors (Lipinski definition) is 0. The van der Waals surface area contributed by atoms with Crippen LogP contribution in [0.5, 0.6) is 5.75 Å². The Hall–Kier alpha value is -2.08. The normalized spacial score (nSPS) is 17.6. The van der Waals surface area contributed by atoms with E-state index in [0.717, 1.165) is 12.8 Å². The van der Waals surface area contributed by atoms with E-state index in [1.165, 1.54) is 12.1 Å². The molecule has 1 saturated heterocycles. The highest BCUT2D eigenvalue weighted by Gasteiger charge is 2.29. The van der Waals surface area contributed by atoms with Crippen LogP contribution in [0.2, 0.25) is 5.02 Å². The van der Waals surface area contributed by atoms with Gasteiger partial charge in [0.05, 0.1) is 17.3 Å². The molecule has 1 aromatic heterocycles. The van der Waals surface area contributed by atoms with Crippen molar-refractivity contribution in [2.75, 3.05) is 19.7 Å². The Bertz CT molecular complexity index is 760. The third-order valence-electron chi connectivity index (χ3n) is 4.46. The van der Waals surface area contributed by atoms with Crippen molar-refractivity contribution in [3.05, 3.63) is 46.5 Å². The van der Waals surface area contributed by atoms with E-state index >= 15 is 0 Å². The number of nitrogens with zero attached hydrogens (tertiary/aromatic N) is 3. The molecule has 0 radical (unpaired) electrons. The third-order valence-corrected chi connectivity index (χ3v) is 4.91. The van der Waals surface area contributed by atoms with E-state index in [0.29, 0.717) is 41.9 Å². The summed E-state index contributed by atoms with van der Waals surface area (Å²) < 4.78 is 20.2. The van der Waals surface area contributed by atoms with Gasteiger partial charge in [-0.25, -0.2) is 4.39 Å². The number of aromatic nitrogens is 2. The summed E-state index contributed by atoms with van der Waals surface area (Å²) in [5, 5.41) is 4.62. The summed E-state index contributed by atoms with van der Waals surface area (Å²) in [7, 11) is 1.73. The van der Waals surface area contributed by atoms with Gasteiger partial charge in [-0.1, -0.05) is 11.6 Å². The molecule has 1 amide bonds. The molecule has 1 aromatic carbocycles. The lowest BCUT2D eigenvalue weighted by atomic mass is 9.98. The first-order valence-corrected chi connectivity index (χ1v) is 8.70. The van der Waals surface area contributed by atoms with Crippen LogP contribution in [-0.4, -0.2) is 40.3 Å². The highest BCUT2D eigenvalue weighted by atomic mass is 35.5. The number of ether oxygens (including phenoxy) is 1. The van der Waals surface area contributed by atoms with Crippen molar-refractivity contribution in [3.8, 4) is 5.75 Å². The largest absolute Gasteiger partial charge is 0.493 e. The van der Waals surface area contributed by atoms with Gasteiger partial charge >= 0.3 is 0 Å². The minimum Gasteiger partial charge on any atom is -0.493 e. The van der Waals surface area contributed by atoms with Gasteiger partial charge in [0, 0.05) is 26.1 Å². The molecule has 1 atom stereocenters. The van der Waals surface area contributed by atoms with Gasteiger partial charge in [0.2, 0.25) is 0 Å². The molecule has 1 aliphatic heterocycles. The molecule has 2 heterocycles. The Labute approximate surface area is 151 Å². The molecular weight excluding hydrogens is 345 g/mol. The van der Waals surface area contributed by atoms with E-state index in [2.05, 4.69) is 5.10 Å². The lowest BCUT2D eigenvalue weighted by molar-refractivity contribution is 0.0622. The van der Waals surface area contributed by atoms with E-state index in [9.17, 15) is 9.18 Å². The molecule has 7 heteroatoms. The van der Waals surface area contributed by atoms with Crippen molar-refractivity contribution in [2.45, 2.75) is 19.8 Å². The Morgan fingerprint density at radius 1 is 1.40 bits per heavy atom. The van der Waals surface area contributed by atoms with Crippen molar-refractivity contribution < 1.29 is 13.9 Å². The number of hydrogen-bond acceptors (Lipinski definition) is 3. The Kier molecular flexibility index (Phi) is 5.27. The highest BCUT2D eigenvalue weighted by Crippen LogP contribution is 2.25. The molecule has 2 aromatic rings. The van der Waals surface area contributed by atoms with Crippen LogP contribution >= 0.6 is 11.6 Å². The van der Waals surface area contributed by atoms with Gasteiger partial charge in [0.15, 0.2) is 0 Å². The van der Waals surface area contributed by atoms with Crippen molar-refractivity contribution in [2.24, 2.45) is 13.0 Å². The number of carbonyl (C=O) groups excluding carboxylic acids is 1. The highest BCUT2D eigenvalue weighted by molar-refractivity contribution is 6.34. The second-order valence-corrected chi connectivity index (χ2v) is 6.77. The molecular formula is C18H21ClFN3O2. The zero-order valence-electron chi connectivity index (χ0n) is 14.3. The number of rotatable bonds is 4. The minimum atomic E-state index is -0.287. The van der Waals surface area contributed by atoms with Crippen LogP contribution in [-0.2, 0) is 7.05 Å². The molecule has 5 nitrogen and oxygen atoms in total. The second-order valence-electron chi connectivity index (χ2n) is 6.40. The standard InChI is InChI=1S/C18H21ClFN3O2/c1-12-16(19)17(22(2)21-12)18(24)23-9-3-4-13(10-23)11-25-15-7-5-14(20)6-8-15/h5-8,13H,3-4,9-11H2,1-2H3/t13-/m0/s1. The number of amides is 1. The van der Waals surface area contributed by atoms with Gasteiger partial charge in [-0.15, -0.1) is 0 Å². The molecule has 1 aliphatic rings. The Morgan fingerprint density at radius 2 is 2.12 bits per heavy atom. The van der Waals surface area contributed by atoms with Gasteiger partial charge in [0.1, 0.15) is 17.3 Å². The zero-order chi connectivity index (χ0) is 18.0. The fourth-order valence-corrected chi connectivity index (χ4v) is 3.39. The molecule has 25 heavy (non-hydrogen) atoms. The first kappa shape index (κ1) is 17.7. The smallest absolute Gasteiger partial charge is 0.273 e. The molecule has 0 spiro atoms. The second kappa shape index (κ2) is 7.44. The predicted molar refractivity (Wildman–Crippen MR) is 93.5 cm³/mol. The molecule has 3 rings (SSSR count). The summed E-state index contributed by atoms with van der Waals surface area (Å²) in [5.41, 5.74) is 1.08. The van der Waals surface area contributed by atoms with E-state index in [-0.39, 0.29) is 17.6 Å². The first-order chi connectivity index (χ1) is 12.0. The summed E-state index contributed by atoms with van der Waals surface area (Å²) in [6, 6.07) is 5.97. The summed E-state index contributed by atoms with van der Waals surface area (Å²) in [6.07, 6.45) is 1.90. The molecule has 1 fully saturated rings. The van der Waals surface area contributed by atoms with E-state index in [4.69, 9.17) is 16.3 Å². The summed E-state index contributed by atoms with van der Waals surface area (Å²) in [4.78, 5) is 14.6. The number of aryl methyl sites for hydroxylation is 2. The monoisotopic (exact) mass is 365 g/mol. The number of piperidine rings is 1. The number of likely N-dealkylation sites (tertiary alicyclic amines) is 1. The maximum atomic E-state index is 12.9. The van der Waals surface area contributed by atoms with E-state index in [1.807, 2.05) is 4.90 Å². The first-order valence-electron chi connectivity index (χ1n) is 8.32. The number of halogens is 2. The Morgan fingerprint density at radius 3 is 2.76 bits per heavy atom. The van der Waals surface area contributed by atoms with Crippen LogP contribution in [0.15, 0.2) is 24.3 Å². The average molecular weight is 366 g/mol. The van der Waals surface area contributed by atoms with Gasteiger partial charge in [-0.3, -0.25) is 9.48 Å². The van der Waals surface area contributed by atoms with Crippen molar-refractivity contribution >= 4 is 17.5 Å². The number of benzene rings is 1. The van der Waals surface area contributed by atoms with Crippen LogP contribution in [0.4, 0.5) is 4.39 Å². The molecule has 0 saturated carbocycles. The fraction of sp³-hybridized carbons (Fsp3) is 0.444. The maximum Gasteiger partial charge on any atom is 0.273 e. The van der Waals surface area contributed by atoms with Crippen LogP contribution in [0.3, 0.4) is 0 Å². The lowest BCUT2D eigenvalue weighted by Crippen LogP contribution is -2.42. The van der Waals surface area contributed by atoms with Gasteiger partial charge in [0.25, 0.3) is 5.91 Å². The molecule has 0 N–H and O–H groups in total. The average Bonchev–Trinajstić information content (AvgIpc) is 2.86. The Balaban J connectivity index is 1.62. The SMILES string of the molecule is Cc1nn(C)c(C(=O)N2CCC[C@H](COc3ccc(F)cc3)C2)c1Cl. The molecule has 0 aliphatic carbocycles. The van der Waals surface area contributed by atoms with E-state index in [1.54, 1.807) is 30.8 Å². The quantitative estimate of drug-likeness (QED) is 0.833. The van der Waals surface area contributed by atoms with Crippen molar-refractivity contribution in [1.82, 2.24) is 14.7 Å². The maximum absolute atomic E-state index is 12.9. The zero-order valence-corrected chi connectivity index (χ0v) is 15.1. The van der Waals surface area contributed by atoms with Crippen LogP contribution in [0, 0.1) is 18.7 Å². The number of carbonyl (C=O) groups is 1. The summed E-state index contributed by atoms with van der Waals surface area (Å²) >= 11 is 6.23. The van der Waals surface area contributed by atoms with Gasteiger partial charge in [-0.05, 0) is 44.0 Å². The van der Waals surface area contributed by atoms with Crippen LogP contribution < -0.4 is 4.74 Å². The minimum absolute atomic E-state index is 0.0976. The molecule has 0 unspecified atom stereocenters.